The predicted molar refractivity (Wildman–Crippen MR) is 91.6 cm³/mol. The van der Waals surface area contributed by atoms with Gasteiger partial charge in [-0.2, -0.15) is 0 Å². The quantitative estimate of drug-likeness (QED) is 0.815. The molecule has 0 saturated heterocycles. The minimum Gasteiger partial charge on any atom is -0.493 e. The van der Waals surface area contributed by atoms with Crippen LogP contribution < -0.4 is 9.47 Å². The number of fused-ring (bicyclic) bond motifs is 5. The van der Waals surface area contributed by atoms with Crippen molar-refractivity contribution in [1.82, 2.24) is 4.90 Å². The summed E-state index contributed by atoms with van der Waals surface area (Å²) in [5.74, 6) is 1.78. The molecule has 24 heavy (non-hydrogen) atoms. The van der Waals surface area contributed by atoms with Gasteiger partial charge in [-0.3, -0.25) is 4.79 Å². The summed E-state index contributed by atoms with van der Waals surface area (Å²) in [6.07, 6.45) is 2.79. The van der Waals surface area contributed by atoms with E-state index in [-0.39, 0.29) is 12.0 Å². The van der Waals surface area contributed by atoms with Crippen molar-refractivity contribution in [3.8, 4) is 11.5 Å². The molecular formula is C20H21NO3. The van der Waals surface area contributed by atoms with Crippen molar-refractivity contribution in [1.29, 1.82) is 0 Å². The Balaban J connectivity index is 1.87. The second-order valence-electron chi connectivity index (χ2n) is 6.45. The van der Waals surface area contributed by atoms with Gasteiger partial charge in [0.05, 0.1) is 20.3 Å². The second-order valence-corrected chi connectivity index (χ2v) is 6.45. The number of methoxy groups -OCH3 is 2. The minimum absolute atomic E-state index is 0.109. The van der Waals surface area contributed by atoms with E-state index < -0.39 is 0 Å². The summed E-state index contributed by atoms with van der Waals surface area (Å²) in [6.45, 7) is 0.724. The summed E-state index contributed by atoms with van der Waals surface area (Å²) >= 11 is 0. The Morgan fingerprint density at radius 2 is 1.79 bits per heavy atom. The Labute approximate surface area is 142 Å². The van der Waals surface area contributed by atoms with E-state index in [4.69, 9.17) is 9.47 Å². The average molecular weight is 323 g/mol. The first-order chi connectivity index (χ1) is 11.8. The van der Waals surface area contributed by atoms with Crippen LogP contribution in [0.5, 0.6) is 11.5 Å². The Bertz CT molecular complexity index is 786. The first-order valence-corrected chi connectivity index (χ1v) is 8.30. The number of hydrogen-bond acceptors (Lipinski definition) is 3. The smallest absolute Gasteiger partial charge is 0.210 e. The SMILES string of the molecule is COc1cc2c(cc1OC)[C@H]1Cc3ccccc3[C@@H]1N(C=O)CC2. The lowest BCUT2D eigenvalue weighted by molar-refractivity contribution is -0.120. The molecule has 0 saturated carbocycles. The molecule has 1 heterocycles. The lowest BCUT2D eigenvalue weighted by atomic mass is 9.88. The van der Waals surface area contributed by atoms with Gasteiger partial charge in [0.25, 0.3) is 0 Å². The van der Waals surface area contributed by atoms with Crippen molar-refractivity contribution in [2.45, 2.75) is 24.8 Å². The Morgan fingerprint density at radius 1 is 1.04 bits per heavy atom. The fraction of sp³-hybridized carbons (Fsp3) is 0.350. The van der Waals surface area contributed by atoms with Gasteiger partial charge in [0.1, 0.15) is 0 Å². The van der Waals surface area contributed by atoms with Crippen molar-refractivity contribution in [2.24, 2.45) is 0 Å². The molecule has 0 aromatic heterocycles. The van der Waals surface area contributed by atoms with E-state index >= 15 is 0 Å². The minimum atomic E-state index is 0.109. The maximum atomic E-state index is 11.7. The lowest BCUT2D eigenvalue weighted by Gasteiger charge is -2.28. The Hall–Kier alpha value is -2.49. The van der Waals surface area contributed by atoms with E-state index in [1.54, 1.807) is 14.2 Å². The molecule has 1 amide bonds. The van der Waals surface area contributed by atoms with Crippen LogP contribution in [0.3, 0.4) is 0 Å². The second kappa shape index (κ2) is 5.86. The zero-order valence-electron chi connectivity index (χ0n) is 14.0. The molecule has 0 N–H and O–H groups in total. The number of ether oxygens (including phenoxy) is 2. The molecular weight excluding hydrogens is 302 g/mol. The van der Waals surface area contributed by atoms with Crippen LogP contribution in [0, 0.1) is 0 Å². The van der Waals surface area contributed by atoms with Gasteiger partial charge in [-0.05, 0) is 47.2 Å². The summed E-state index contributed by atoms with van der Waals surface area (Å²) in [5, 5.41) is 0. The lowest BCUT2D eigenvalue weighted by Crippen LogP contribution is -2.29. The third-order valence-electron chi connectivity index (χ3n) is 5.37. The normalized spacial score (nSPS) is 21.3. The molecule has 4 rings (SSSR count). The third kappa shape index (κ3) is 2.17. The predicted octanol–water partition coefficient (Wildman–Crippen LogP) is 3.10. The van der Waals surface area contributed by atoms with Crippen molar-refractivity contribution in [3.63, 3.8) is 0 Å². The maximum absolute atomic E-state index is 11.7. The molecule has 124 valence electrons. The van der Waals surface area contributed by atoms with Gasteiger partial charge in [-0.1, -0.05) is 24.3 Å². The van der Waals surface area contributed by atoms with E-state index in [1.165, 1.54) is 22.3 Å². The summed E-state index contributed by atoms with van der Waals surface area (Å²) in [7, 11) is 3.33. The van der Waals surface area contributed by atoms with Gasteiger partial charge in [-0.25, -0.2) is 0 Å². The average Bonchev–Trinajstić information content (AvgIpc) is 2.94. The number of nitrogens with zero attached hydrogens (tertiary/aromatic N) is 1. The number of carbonyl (C=O) groups is 1. The van der Waals surface area contributed by atoms with E-state index in [9.17, 15) is 4.79 Å². The van der Waals surface area contributed by atoms with E-state index in [2.05, 4.69) is 36.4 Å². The van der Waals surface area contributed by atoms with Crippen LogP contribution in [0.25, 0.3) is 0 Å². The molecule has 0 spiro atoms. The Kier molecular flexibility index (Phi) is 3.68. The molecule has 0 radical (unpaired) electrons. The zero-order valence-corrected chi connectivity index (χ0v) is 14.0. The molecule has 0 fully saturated rings. The molecule has 0 bridgehead atoms. The van der Waals surface area contributed by atoms with Crippen LogP contribution >= 0.6 is 0 Å². The van der Waals surface area contributed by atoms with Crippen LogP contribution in [0.15, 0.2) is 36.4 Å². The highest BCUT2D eigenvalue weighted by molar-refractivity contribution is 5.57. The van der Waals surface area contributed by atoms with Crippen molar-refractivity contribution in [2.75, 3.05) is 20.8 Å². The van der Waals surface area contributed by atoms with Gasteiger partial charge in [0.15, 0.2) is 11.5 Å². The number of rotatable bonds is 3. The van der Waals surface area contributed by atoms with Crippen LogP contribution in [-0.2, 0) is 17.6 Å². The number of amides is 1. The van der Waals surface area contributed by atoms with Crippen molar-refractivity contribution < 1.29 is 14.3 Å². The molecule has 2 aliphatic rings. The number of benzene rings is 2. The highest BCUT2D eigenvalue weighted by Gasteiger charge is 2.40. The van der Waals surface area contributed by atoms with E-state index in [1.807, 2.05) is 4.90 Å². The standard InChI is InChI=1S/C20H21NO3/c1-23-18-10-14-7-8-21(12-22)20-15-6-4-3-5-13(15)9-17(20)16(14)11-19(18)24-2/h3-6,10-12,17,20H,7-9H2,1-2H3/t17-,20+/m1/s1. The van der Waals surface area contributed by atoms with Gasteiger partial charge < -0.3 is 14.4 Å². The van der Waals surface area contributed by atoms with Crippen LogP contribution in [0.4, 0.5) is 0 Å². The molecule has 4 heteroatoms. The maximum Gasteiger partial charge on any atom is 0.210 e. The van der Waals surface area contributed by atoms with Gasteiger partial charge in [0, 0.05) is 12.5 Å². The fourth-order valence-corrected chi connectivity index (χ4v) is 4.27. The largest absolute Gasteiger partial charge is 0.493 e. The van der Waals surface area contributed by atoms with Crippen LogP contribution in [-0.4, -0.2) is 32.1 Å². The summed E-state index contributed by atoms with van der Waals surface area (Å²) in [5.41, 5.74) is 5.14. The van der Waals surface area contributed by atoms with Gasteiger partial charge in [0.2, 0.25) is 6.41 Å². The number of carbonyl (C=O) groups excluding carboxylic acids is 1. The topological polar surface area (TPSA) is 38.8 Å². The third-order valence-corrected chi connectivity index (χ3v) is 5.37. The Morgan fingerprint density at radius 3 is 2.54 bits per heavy atom. The highest BCUT2D eigenvalue weighted by atomic mass is 16.5. The highest BCUT2D eigenvalue weighted by Crippen LogP contribution is 2.49. The fourth-order valence-electron chi connectivity index (χ4n) is 4.27. The molecule has 1 aliphatic carbocycles. The van der Waals surface area contributed by atoms with Crippen molar-refractivity contribution >= 4 is 6.41 Å². The van der Waals surface area contributed by atoms with Crippen LogP contribution in [0.2, 0.25) is 0 Å². The van der Waals surface area contributed by atoms with Crippen LogP contribution in [0.1, 0.15) is 34.2 Å². The first-order valence-electron chi connectivity index (χ1n) is 8.30. The van der Waals surface area contributed by atoms with Gasteiger partial charge >= 0.3 is 0 Å². The van der Waals surface area contributed by atoms with Crippen molar-refractivity contribution in [3.05, 3.63) is 58.7 Å². The summed E-state index contributed by atoms with van der Waals surface area (Å²) < 4.78 is 11.0. The monoisotopic (exact) mass is 323 g/mol. The molecule has 1 aliphatic heterocycles. The van der Waals surface area contributed by atoms with E-state index in [0.29, 0.717) is 0 Å². The van der Waals surface area contributed by atoms with Gasteiger partial charge in [-0.15, -0.1) is 0 Å². The van der Waals surface area contributed by atoms with E-state index in [0.717, 1.165) is 37.3 Å². The zero-order chi connectivity index (χ0) is 16.7. The number of hydrogen-bond donors (Lipinski definition) is 0. The molecule has 4 nitrogen and oxygen atoms in total. The molecule has 2 aromatic rings. The molecule has 2 atom stereocenters. The first kappa shape index (κ1) is 15.1. The summed E-state index contributed by atoms with van der Waals surface area (Å²) in [6, 6.07) is 12.7. The summed E-state index contributed by atoms with van der Waals surface area (Å²) in [4.78, 5) is 13.7. The molecule has 2 aromatic carbocycles. The molecule has 0 unspecified atom stereocenters.